The zero-order chi connectivity index (χ0) is 31.3. The summed E-state index contributed by atoms with van der Waals surface area (Å²) in [6.07, 6.45) is 0. The molecule has 0 aliphatic carbocycles. The molecule has 0 aliphatic heterocycles. The number of hydrogen-bond donors (Lipinski definition) is 0. The minimum absolute atomic E-state index is 0.179. The number of fused-ring (bicyclic) bond motifs is 7. The number of benzene rings is 7. The first kappa shape index (κ1) is 14.0. The van der Waals surface area contributed by atoms with E-state index in [1.807, 2.05) is 60.7 Å². The predicted molar refractivity (Wildman–Crippen MR) is 157 cm³/mol. The molecular formula is C36H22O. The number of para-hydroxylation sites is 1. The molecule has 1 heteroatoms. The van der Waals surface area contributed by atoms with Gasteiger partial charge in [0.1, 0.15) is 11.2 Å². The lowest BCUT2D eigenvalue weighted by atomic mass is 9.84. The molecule has 0 N–H and O–H groups in total. The van der Waals surface area contributed by atoms with Gasteiger partial charge in [-0.2, -0.15) is 0 Å². The first-order chi connectivity index (χ1) is 21.7. The summed E-state index contributed by atoms with van der Waals surface area (Å²) >= 11 is 0. The zero-order valence-corrected chi connectivity index (χ0v) is 19.5. The standard InChI is InChI=1S/C36H22O/c1-2-12-23(13-3-1)34-26-16-6-8-18-28(26)35(29-19-9-7-17-27(29)34)31-22-33-36(25-15-5-4-14-24(25)31)30-20-10-11-21-32(30)37-33/h1-22H/i6D,7D,8D,9D,16D,17D,18D,19D. The summed E-state index contributed by atoms with van der Waals surface area (Å²) < 4.78 is 77.7. The Hall–Kier alpha value is -4.88. The highest BCUT2D eigenvalue weighted by Crippen LogP contribution is 2.47. The fourth-order valence-electron chi connectivity index (χ4n) is 5.58. The van der Waals surface area contributed by atoms with Gasteiger partial charge in [-0.25, -0.2) is 0 Å². The monoisotopic (exact) mass is 478 g/mol. The number of hydrogen-bond acceptors (Lipinski definition) is 1. The van der Waals surface area contributed by atoms with Gasteiger partial charge in [-0.1, -0.05) is 121 Å². The molecule has 37 heavy (non-hydrogen) atoms. The van der Waals surface area contributed by atoms with Crippen molar-refractivity contribution in [3.63, 3.8) is 0 Å². The van der Waals surface area contributed by atoms with Crippen molar-refractivity contribution in [3.05, 3.63) is 133 Å². The van der Waals surface area contributed by atoms with Gasteiger partial charge in [-0.15, -0.1) is 0 Å². The van der Waals surface area contributed by atoms with Gasteiger partial charge in [-0.3, -0.25) is 0 Å². The van der Waals surface area contributed by atoms with E-state index < -0.39 is 24.2 Å². The van der Waals surface area contributed by atoms with Gasteiger partial charge >= 0.3 is 0 Å². The lowest BCUT2D eigenvalue weighted by molar-refractivity contribution is 0.669. The van der Waals surface area contributed by atoms with Gasteiger partial charge < -0.3 is 4.42 Å². The van der Waals surface area contributed by atoms with Crippen LogP contribution in [0.2, 0.25) is 0 Å². The first-order valence-electron chi connectivity index (χ1n) is 16.1. The summed E-state index contributed by atoms with van der Waals surface area (Å²) in [5.41, 5.74) is 3.00. The van der Waals surface area contributed by atoms with Gasteiger partial charge in [0, 0.05) is 10.8 Å². The van der Waals surface area contributed by atoms with Crippen molar-refractivity contribution in [1.82, 2.24) is 0 Å². The van der Waals surface area contributed by atoms with Crippen molar-refractivity contribution >= 4 is 54.3 Å². The van der Waals surface area contributed by atoms with E-state index in [0.717, 1.165) is 21.5 Å². The molecule has 0 spiro atoms. The smallest absolute Gasteiger partial charge is 0.136 e. The van der Waals surface area contributed by atoms with Crippen molar-refractivity contribution in [1.29, 1.82) is 0 Å². The molecule has 0 unspecified atom stereocenters. The van der Waals surface area contributed by atoms with Crippen molar-refractivity contribution in [3.8, 4) is 22.3 Å². The molecule has 1 heterocycles. The van der Waals surface area contributed by atoms with Gasteiger partial charge in [-0.05, 0) is 66.7 Å². The fraction of sp³-hybridized carbons (Fsp3) is 0. The van der Waals surface area contributed by atoms with Crippen LogP contribution in [0.15, 0.2) is 138 Å². The molecule has 8 aromatic rings. The summed E-state index contributed by atoms with van der Waals surface area (Å²) in [6.45, 7) is 0. The van der Waals surface area contributed by atoms with Crippen LogP contribution in [-0.4, -0.2) is 0 Å². The van der Waals surface area contributed by atoms with Crippen LogP contribution in [0.25, 0.3) is 76.5 Å². The maximum absolute atomic E-state index is 9.22. The highest BCUT2D eigenvalue weighted by molar-refractivity contribution is 6.27. The first-order valence-corrected chi connectivity index (χ1v) is 12.1. The highest BCUT2D eigenvalue weighted by Gasteiger charge is 2.20. The Balaban J connectivity index is 1.74. The summed E-state index contributed by atoms with van der Waals surface area (Å²) in [4.78, 5) is 0. The van der Waals surface area contributed by atoms with Gasteiger partial charge in [0.15, 0.2) is 0 Å². The van der Waals surface area contributed by atoms with Gasteiger partial charge in [0.05, 0.1) is 11.0 Å². The third-order valence-corrected chi connectivity index (χ3v) is 7.09. The molecule has 1 nitrogen and oxygen atoms in total. The third-order valence-electron chi connectivity index (χ3n) is 7.09. The van der Waals surface area contributed by atoms with Crippen molar-refractivity contribution in [2.24, 2.45) is 0 Å². The molecule has 8 rings (SSSR count). The molecule has 1 aromatic heterocycles. The summed E-state index contributed by atoms with van der Waals surface area (Å²) in [6, 6.07) is 23.4. The van der Waals surface area contributed by atoms with E-state index in [2.05, 4.69) is 0 Å². The summed E-state index contributed by atoms with van der Waals surface area (Å²) in [7, 11) is 0. The van der Waals surface area contributed by atoms with Crippen LogP contribution in [-0.2, 0) is 0 Å². The van der Waals surface area contributed by atoms with E-state index in [1.54, 1.807) is 24.3 Å². The maximum atomic E-state index is 9.22. The topological polar surface area (TPSA) is 13.1 Å². The molecule has 0 saturated carbocycles. The van der Waals surface area contributed by atoms with E-state index in [1.165, 1.54) is 0 Å². The molecule has 0 bridgehead atoms. The largest absolute Gasteiger partial charge is 0.456 e. The van der Waals surface area contributed by atoms with Crippen molar-refractivity contribution < 1.29 is 15.4 Å². The second-order valence-corrected chi connectivity index (χ2v) is 9.06. The Morgan fingerprint density at radius 2 is 1.00 bits per heavy atom. The fourth-order valence-corrected chi connectivity index (χ4v) is 5.58. The van der Waals surface area contributed by atoms with E-state index in [4.69, 9.17) is 12.6 Å². The molecule has 172 valence electrons. The molecule has 0 amide bonds. The highest BCUT2D eigenvalue weighted by atomic mass is 16.3. The molecule has 0 saturated heterocycles. The quantitative estimate of drug-likeness (QED) is 0.225. The van der Waals surface area contributed by atoms with Crippen LogP contribution in [0.1, 0.15) is 11.0 Å². The maximum Gasteiger partial charge on any atom is 0.136 e. The van der Waals surface area contributed by atoms with Crippen LogP contribution in [0, 0.1) is 0 Å². The zero-order valence-electron chi connectivity index (χ0n) is 27.5. The predicted octanol–water partition coefficient (Wildman–Crippen LogP) is 10.4. The second kappa shape index (κ2) is 7.81. The molecule has 0 aliphatic rings. The molecule has 0 fully saturated rings. The molecular weight excluding hydrogens is 448 g/mol. The Bertz CT molecular complexity index is 2490. The molecule has 0 atom stereocenters. The average molecular weight is 479 g/mol. The van der Waals surface area contributed by atoms with E-state index in [0.29, 0.717) is 33.4 Å². The minimum atomic E-state index is -0.429. The van der Waals surface area contributed by atoms with E-state index >= 15 is 0 Å². The number of furan rings is 1. The van der Waals surface area contributed by atoms with Crippen molar-refractivity contribution in [2.45, 2.75) is 0 Å². The Labute approximate surface area is 225 Å². The Morgan fingerprint density at radius 1 is 0.459 bits per heavy atom. The lowest BCUT2D eigenvalue weighted by Crippen LogP contribution is -1.91. The van der Waals surface area contributed by atoms with Crippen LogP contribution >= 0.6 is 0 Å². The molecule has 7 aromatic carbocycles. The van der Waals surface area contributed by atoms with Crippen LogP contribution < -0.4 is 0 Å². The normalized spacial score (nSPS) is 14.8. The van der Waals surface area contributed by atoms with Crippen LogP contribution in [0.5, 0.6) is 0 Å². The van der Waals surface area contributed by atoms with E-state index in [-0.39, 0.29) is 45.7 Å². The summed E-state index contributed by atoms with van der Waals surface area (Å²) in [5.74, 6) is 0. The van der Waals surface area contributed by atoms with Crippen molar-refractivity contribution in [2.75, 3.05) is 0 Å². The SMILES string of the molecule is [2H]c1c([2H])c([2H])c2c(-c3cc4oc5ccccc5c4c4ccccc34)c3c([2H])c([2H])c([2H])c([2H])c3c(-c3ccccc3)c2c1[2H]. The second-order valence-electron chi connectivity index (χ2n) is 9.06. The van der Waals surface area contributed by atoms with Crippen LogP contribution in [0.4, 0.5) is 0 Å². The Morgan fingerprint density at radius 3 is 1.68 bits per heavy atom. The summed E-state index contributed by atoms with van der Waals surface area (Å²) in [5, 5.41) is 4.16. The number of rotatable bonds is 2. The minimum Gasteiger partial charge on any atom is -0.456 e. The van der Waals surface area contributed by atoms with Crippen LogP contribution in [0.3, 0.4) is 0 Å². The third kappa shape index (κ3) is 2.92. The average Bonchev–Trinajstić information content (AvgIpc) is 3.45. The lowest BCUT2D eigenvalue weighted by Gasteiger charge is -2.19. The Kier molecular flexibility index (Phi) is 2.96. The van der Waals surface area contributed by atoms with Gasteiger partial charge in [0.25, 0.3) is 0 Å². The molecule has 0 radical (unpaired) electrons. The van der Waals surface area contributed by atoms with E-state index in [9.17, 15) is 2.74 Å². The van der Waals surface area contributed by atoms with Gasteiger partial charge in [0.2, 0.25) is 0 Å².